The third kappa shape index (κ3) is 2.34. The normalized spacial score (nSPS) is 26.5. The van der Waals surface area contributed by atoms with Crippen LogP contribution in [-0.2, 0) is 7.80 Å². The zero-order valence-corrected chi connectivity index (χ0v) is 9.96. The number of hydrogen-bond acceptors (Lipinski definition) is 3. The molecule has 4 heteroatoms. The Hall–Kier alpha value is 0.610. The van der Waals surface area contributed by atoms with E-state index in [1.165, 1.54) is 26.1 Å². The highest BCUT2D eigenvalue weighted by atomic mass is 127. The molecule has 2 aliphatic rings. The van der Waals surface area contributed by atoms with E-state index < -0.39 is 0 Å². The van der Waals surface area contributed by atoms with Crippen LogP contribution in [0.3, 0.4) is 0 Å². The predicted octanol–water partition coefficient (Wildman–Crippen LogP) is 1.47. The van der Waals surface area contributed by atoms with Gasteiger partial charge in [-0.15, -0.1) is 0 Å². The Morgan fingerprint density at radius 1 is 1.46 bits per heavy atom. The monoisotopic (exact) mass is 297 g/mol. The minimum Gasteiger partial charge on any atom is -0.381 e. The van der Waals surface area contributed by atoms with Crippen LogP contribution >= 0.6 is 23.0 Å². The quantitative estimate of drug-likeness (QED) is 0.579. The Morgan fingerprint density at radius 2 is 2.31 bits per heavy atom. The van der Waals surface area contributed by atoms with Gasteiger partial charge in [0.15, 0.2) is 0 Å². The van der Waals surface area contributed by atoms with Crippen molar-refractivity contribution in [2.75, 3.05) is 39.5 Å². The summed E-state index contributed by atoms with van der Waals surface area (Å²) in [5, 5.41) is 0. The molecular formula is C9H16INO2. The molecule has 2 rings (SSSR count). The van der Waals surface area contributed by atoms with Gasteiger partial charge < -0.3 is 12.7 Å². The zero-order chi connectivity index (χ0) is 9.15. The van der Waals surface area contributed by atoms with Crippen molar-refractivity contribution in [3.8, 4) is 0 Å². The maximum Gasteiger partial charge on any atom is 0.109 e. The Morgan fingerprint density at radius 3 is 2.92 bits per heavy atom. The van der Waals surface area contributed by atoms with E-state index in [9.17, 15) is 0 Å². The summed E-state index contributed by atoms with van der Waals surface area (Å²) in [7, 11) is 0. The second kappa shape index (κ2) is 4.42. The molecule has 0 aromatic rings. The first-order valence-corrected chi connectivity index (χ1v) is 5.76. The molecule has 0 N–H and O–H groups in total. The fraction of sp³-hybridized carbons (Fsp3) is 1.00. The highest BCUT2D eigenvalue weighted by Crippen LogP contribution is 2.37. The summed E-state index contributed by atoms with van der Waals surface area (Å²) < 4.78 is 10.4. The van der Waals surface area contributed by atoms with Gasteiger partial charge in [0.1, 0.15) is 23.0 Å². The molecule has 76 valence electrons. The molecule has 0 radical (unpaired) electrons. The van der Waals surface area contributed by atoms with Gasteiger partial charge in [-0.2, -0.15) is 0 Å². The van der Waals surface area contributed by atoms with Crippen molar-refractivity contribution in [2.45, 2.75) is 12.8 Å². The van der Waals surface area contributed by atoms with Crippen molar-refractivity contribution in [3.05, 3.63) is 0 Å². The Kier molecular flexibility index (Phi) is 3.45. The minimum absolute atomic E-state index is 0.547. The molecule has 2 saturated heterocycles. The first-order valence-electron chi connectivity index (χ1n) is 4.88. The topological polar surface area (TPSA) is 21.7 Å². The molecule has 1 spiro atoms. The third-order valence-electron chi connectivity index (χ3n) is 3.00. The number of rotatable bonds is 4. The summed E-state index contributed by atoms with van der Waals surface area (Å²) in [6, 6.07) is 0. The molecule has 0 atom stereocenters. The van der Waals surface area contributed by atoms with E-state index in [2.05, 4.69) is 4.90 Å². The molecule has 0 saturated carbocycles. The van der Waals surface area contributed by atoms with E-state index in [0.29, 0.717) is 5.41 Å². The van der Waals surface area contributed by atoms with Crippen LogP contribution in [0.4, 0.5) is 0 Å². The third-order valence-corrected chi connectivity index (χ3v) is 3.44. The van der Waals surface area contributed by atoms with Crippen LogP contribution in [-0.4, -0.2) is 44.4 Å². The van der Waals surface area contributed by atoms with Crippen LogP contribution in [0.15, 0.2) is 0 Å². The SMILES string of the molecule is IOCCCN1CC2(CCOC2)C1. The van der Waals surface area contributed by atoms with Gasteiger partial charge in [-0.3, -0.25) is 0 Å². The summed E-state index contributed by atoms with van der Waals surface area (Å²) in [5.74, 6) is 0. The standard InChI is InChI=1S/C9H16INO2/c10-13-4-1-3-11-6-9(7-11)2-5-12-8-9/h1-8H2. The molecule has 0 aromatic carbocycles. The van der Waals surface area contributed by atoms with Gasteiger partial charge in [0, 0.05) is 31.7 Å². The van der Waals surface area contributed by atoms with Gasteiger partial charge in [-0.05, 0) is 12.8 Å². The van der Waals surface area contributed by atoms with Crippen LogP contribution in [0, 0.1) is 5.41 Å². The number of hydrogen-bond donors (Lipinski definition) is 0. The number of ether oxygens (including phenoxy) is 1. The van der Waals surface area contributed by atoms with E-state index in [-0.39, 0.29) is 0 Å². The Bertz CT molecular complexity index is 163. The van der Waals surface area contributed by atoms with Crippen molar-refractivity contribution in [3.63, 3.8) is 0 Å². The smallest absolute Gasteiger partial charge is 0.109 e. The van der Waals surface area contributed by atoms with E-state index in [1.54, 1.807) is 0 Å². The molecule has 0 unspecified atom stereocenters. The summed E-state index contributed by atoms with van der Waals surface area (Å²) in [5.41, 5.74) is 0.547. The maximum absolute atomic E-state index is 5.42. The average molecular weight is 297 g/mol. The molecular weight excluding hydrogens is 281 g/mol. The van der Waals surface area contributed by atoms with Gasteiger partial charge in [-0.1, -0.05) is 0 Å². The summed E-state index contributed by atoms with van der Waals surface area (Å²) in [6.45, 7) is 6.52. The van der Waals surface area contributed by atoms with Gasteiger partial charge in [0.2, 0.25) is 0 Å². The van der Waals surface area contributed by atoms with E-state index in [1.807, 2.05) is 23.0 Å². The van der Waals surface area contributed by atoms with Crippen LogP contribution in [0.25, 0.3) is 0 Å². The molecule has 0 aromatic heterocycles. The number of halogens is 1. The fourth-order valence-electron chi connectivity index (χ4n) is 2.30. The van der Waals surface area contributed by atoms with E-state index in [4.69, 9.17) is 7.80 Å². The lowest BCUT2D eigenvalue weighted by Gasteiger charge is -2.47. The number of likely N-dealkylation sites (tertiary alicyclic amines) is 1. The highest BCUT2D eigenvalue weighted by molar-refractivity contribution is 14.1. The highest BCUT2D eigenvalue weighted by Gasteiger charge is 2.45. The number of nitrogens with zero attached hydrogens (tertiary/aromatic N) is 1. The van der Waals surface area contributed by atoms with Gasteiger partial charge in [0.05, 0.1) is 13.2 Å². The van der Waals surface area contributed by atoms with Crippen molar-refractivity contribution in [1.82, 2.24) is 4.90 Å². The zero-order valence-electron chi connectivity index (χ0n) is 7.80. The van der Waals surface area contributed by atoms with Crippen LogP contribution in [0.1, 0.15) is 12.8 Å². The van der Waals surface area contributed by atoms with Crippen molar-refractivity contribution in [2.24, 2.45) is 5.41 Å². The van der Waals surface area contributed by atoms with E-state index in [0.717, 1.165) is 26.2 Å². The van der Waals surface area contributed by atoms with Gasteiger partial charge in [0.25, 0.3) is 0 Å². The van der Waals surface area contributed by atoms with E-state index >= 15 is 0 Å². The molecule has 2 heterocycles. The average Bonchev–Trinajstić information content (AvgIpc) is 2.52. The molecule has 2 fully saturated rings. The van der Waals surface area contributed by atoms with Crippen LogP contribution in [0.2, 0.25) is 0 Å². The summed E-state index contributed by atoms with van der Waals surface area (Å²) >= 11 is 1.96. The molecule has 0 amide bonds. The molecule has 3 nitrogen and oxygen atoms in total. The van der Waals surface area contributed by atoms with Crippen LogP contribution < -0.4 is 0 Å². The molecule has 13 heavy (non-hydrogen) atoms. The second-order valence-electron chi connectivity index (χ2n) is 4.18. The Labute approximate surface area is 93.4 Å². The fourth-order valence-corrected chi connectivity index (χ4v) is 2.61. The van der Waals surface area contributed by atoms with Gasteiger partial charge >= 0.3 is 0 Å². The van der Waals surface area contributed by atoms with Crippen LogP contribution in [0.5, 0.6) is 0 Å². The van der Waals surface area contributed by atoms with Crippen molar-refractivity contribution >= 4 is 23.0 Å². The van der Waals surface area contributed by atoms with Crippen molar-refractivity contribution in [1.29, 1.82) is 0 Å². The first-order chi connectivity index (χ1) is 6.35. The first kappa shape index (κ1) is 10.1. The lowest BCUT2D eigenvalue weighted by Crippen LogP contribution is -2.56. The lowest BCUT2D eigenvalue weighted by molar-refractivity contribution is -0.00827. The largest absolute Gasteiger partial charge is 0.381 e. The van der Waals surface area contributed by atoms with Gasteiger partial charge in [-0.25, -0.2) is 0 Å². The lowest BCUT2D eigenvalue weighted by atomic mass is 9.79. The molecule has 2 aliphatic heterocycles. The second-order valence-corrected chi connectivity index (χ2v) is 4.80. The summed E-state index contributed by atoms with van der Waals surface area (Å²) in [6.07, 6.45) is 2.42. The summed E-state index contributed by atoms with van der Waals surface area (Å²) in [4.78, 5) is 2.50. The molecule has 0 aliphatic carbocycles. The minimum atomic E-state index is 0.547. The Balaban J connectivity index is 1.61. The molecule has 0 bridgehead atoms. The van der Waals surface area contributed by atoms with Crippen molar-refractivity contribution < 1.29 is 7.80 Å². The maximum atomic E-state index is 5.42. The predicted molar refractivity (Wildman–Crippen MR) is 58.9 cm³/mol.